The molecule has 0 aromatic heterocycles. The maximum atomic E-state index is 18.7. The van der Waals surface area contributed by atoms with Gasteiger partial charge in [0.05, 0.1) is 16.8 Å². The fourth-order valence-electron chi connectivity index (χ4n) is 8.50. The van der Waals surface area contributed by atoms with Gasteiger partial charge >= 0.3 is 112 Å². The van der Waals surface area contributed by atoms with Gasteiger partial charge in [0.2, 0.25) is 11.6 Å². The predicted octanol–water partition coefficient (Wildman–Crippen LogP) is 17.9. The van der Waals surface area contributed by atoms with Crippen LogP contribution in [0.1, 0.15) is 27.2 Å². The fourth-order valence-corrected chi connectivity index (χ4v) is 18.1. The van der Waals surface area contributed by atoms with Gasteiger partial charge in [0, 0.05) is 0 Å². The van der Waals surface area contributed by atoms with E-state index in [-0.39, 0.29) is 11.8 Å². The van der Waals surface area contributed by atoms with Crippen LogP contribution < -0.4 is 10.4 Å². The van der Waals surface area contributed by atoms with E-state index in [0.717, 1.165) is 0 Å². The van der Waals surface area contributed by atoms with Gasteiger partial charge in [0.1, 0.15) is 0 Å². The number of allylic oxidation sites excluding steroid dienone is 1. The Kier molecular flexibility index (Phi) is 20.8. The van der Waals surface area contributed by atoms with Gasteiger partial charge in [-0.2, -0.15) is 145 Å². The zero-order valence-corrected chi connectivity index (χ0v) is 44.0. The van der Waals surface area contributed by atoms with Crippen molar-refractivity contribution < 1.29 is 228 Å². The molecule has 0 fully saturated rings. The summed E-state index contributed by atoms with van der Waals surface area (Å²) in [6.07, 6.45) is -100. The number of hydrogen-bond acceptors (Lipinski definition) is 2. The van der Waals surface area contributed by atoms with E-state index in [1.165, 1.54) is 4.43 Å². The van der Waals surface area contributed by atoms with Crippen molar-refractivity contribution in [3.63, 3.8) is 0 Å². The highest BCUT2D eigenvalue weighted by atomic mass is 28.4. The van der Waals surface area contributed by atoms with Crippen LogP contribution >= 0.6 is 0 Å². The molecule has 0 aliphatic carbocycles. The lowest BCUT2D eigenvalue weighted by molar-refractivity contribution is -0.425. The van der Waals surface area contributed by atoms with Crippen LogP contribution in [0.4, 0.5) is 220 Å². The van der Waals surface area contributed by atoms with E-state index in [1.54, 1.807) is 0 Å². The normalized spacial score (nSPS) is 17.5. The third kappa shape index (κ3) is 10.6. The van der Waals surface area contributed by atoms with Gasteiger partial charge in [-0.3, -0.25) is 0 Å². The topological polar surface area (TPSA) is 18.5 Å². The summed E-state index contributed by atoms with van der Waals surface area (Å²) in [6.45, 7) is -3.97. The summed E-state index contributed by atoms with van der Waals surface area (Å²) in [5.74, 6) is -104. The number of benzene rings is 2. The Morgan fingerprint density at radius 2 is 0.624 bits per heavy atom. The maximum Gasteiger partial charge on any atom is 0.460 e. The first-order chi connectivity index (χ1) is 40.3. The van der Waals surface area contributed by atoms with Crippen molar-refractivity contribution in [3.05, 3.63) is 69.8 Å². The molecular weight excluding hydrogens is 1510 g/mol. The molecule has 0 aliphatic heterocycles. The maximum absolute atomic E-state index is 18.7. The molecule has 0 N–H and O–H groups in total. The van der Waals surface area contributed by atoms with Crippen molar-refractivity contribution in [1.82, 2.24) is 0 Å². The average Bonchev–Trinajstić information content (AvgIpc) is 0.651. The van der Waals surface area contributed by atoms with Crippen molar-refractivity contribution in [3.8, 4) is 11.8 Å². The lowest BCUT2D eigenvalue weighted by Crippen LogP contribution is -2.96. The van der Waals surface area contributed by atoms with Crippen molar-refractivity contribution in [2.75, 3.05) is 0 Å². The molecule has 2 nitrogen and oxygen atoms in total. The summed E-state index contributed by atoms with van der Waals surface area (Å²) in [6, 6.07) is 0. The molecule has 0 saturated heterocycles. The number of hydrogen-bond donors (Lipinski definition) is 0. The summed E-state index contributed by atoms with van der Waals surface area (Å²) in [5.41, 5.74) is -27.7. The Morgan fingerprint density at radius 3 is 0.839 bits per heavy atom. The Hall–Kier alpha value is -5.41. The molecule has 538 valence electrons. The predicted molar refractivity (Wildman–Crippen MR) is 199 cm³/mol. The van der Waals surface area contributed by atoms with Crippen LogP contribution in [-0.4, -0.2) is 123 Å². The van der Waals surface area contributed by atoms with Gasteiger partial charge < -0.3 is 8.85 Å². The van der Waals surface area contributed by atoms with Gasteiger partial charge in [-0.1, -0.05) is 12.0 Å². The van der Waals surface area contributed by atoms with E-state index in [4.69, 9.17) is 0 Å². The van der Waals surface area contributed by atoms with Crippen LogP contribution in [0.15, 0.2) is 11.6 Å². The van der Waals surface area contributed by atoms with Crippen LogP contribution in [0.2, 0.25) is 5.04 Å². The number of rotatable bonds is 17. The number of alkyl halides is 40. The van der Waals surface area contributed by atoms with E-state index < -0.39 is 236 Å². The molecule has 2 aromatic rings. The van der Waals surface area contributed by atoms with Crippen LogP contribution in [0.25, 0.3) is 0 Å². The van der Waals surface area contributed by atoms with Gasteiger partial charge in [0.15, 0.2) is 46.5 Å². The molecule has 2 aromatic carbocycles. The molecule has 93 heavy (non-hydrogen) atoms. The molecular formula is C39H12F50O2Si2. The summed E-state index contributed by atoms with van der Waals surface area (Å²) in [4.78, 5) is 0. The molecule has 0 spiro atoms. The highest BCUT2D eigenvalue weighted by Gasteiger charge is 3.10. The minimum absolute atomic E-state index is 0.256. The van der Waals surface area contributed by atoms with E-state index in [1.807, 2.05) is 0 Å². The lowest BCUT2D eigenvalue weighted by Gasteiger charge is -2.59. The standard InChI is InChI=1S/C39H12F50O2Si2/c1-4-6-7-21(50,90-92(19-15(46)11(42)9(40)12(43)16(19)47,20-17(48)13(44)10(41)14(45)18(20)49)24(31(64,65)66,32(67,68)69)33(70,71)72)23(52,30(61,62)63)22(51,8(3)5-2)91-93(28(59,35(76,77)78)36(79,80)81,29(60,37(82,83)84)38(85,86)87)39(88,89)27(57,58)25(53,54)26(55,56)34(73,74)75/h5H,7H2,1-3H3/b8-5+. The van der Waals surface area contributed by atoms with Crippen molar-refractivity contribution in [2.45, 2.75) is 139 Å². The van der Waals surface area contributed by atoms with Crippen LogP contribution in [0, 0.1) is 70.0 Å². The highest BCUT2D eigenvalue weighted by Crippen LogP contribution is 2.75. The second-order valence-electron chi connectivity index (χ2n) is 17.9. The minimum Gasteiger partial charge on any atom is -0.371 e. The molecule has 2 rings (SSSR count). The molecule has 54 heteroatoms. The molecule has 3 atom stereocenters. The molecule has 3 unspecified atom stereocenters. The second-order valence-corrected chi connectivity index (χ2v) is 24.7. The van der Waals surface area contributed by atoms with Gasteiger partial charge in [-0.25, -0.2) is 74.6 Å². The van der Waals surface area contributed by atoms with Crippen LogP contribution in [0.3, 0.4) is 0 Å². The molecule has 0 radical (unpaired) electrons. The quantitative estimate of drug-likeness (QED) is 0.0392. The van der Waals surface area contributed by atoms with Crippen molar-refractivity contribution in [2.24, 2.45) is 0 Å². The fraction of sp³-hybridized carbons (Fsp3) is 0.590. The molecule has 0 heterocycles. The van der Waals surface area contributed by atoms with Crippen molar-refractivity contribution >= 4 is 27.0 Å². The Labute approximate surface area is 476 Å². The molecule has 0 bridgehead atoms. The Morgan fingerprint density at radius 1 is 0.355 bits per heavy atom. The van der Waals surface area contributed by atoms with E-state index in [9.17, 15) is 92.2 Å². The van der Waals surface area contributed by atoms with Crippen molar-refractivity contribution in [1.29, 1.82) is 0 Å². The zero-order valence-electron chi connectivity index (χ0n) is 42.0. The Bertz CT molecular complexity index is 3010. The third-order valence-electron chi connectivity index (χ3n) is 12.8. The molecule has 0 aliphatic rings. The summed E-state index contributed by atoms with van der Waals surface area (Å²) in [7, 11) is -28.4. The first kappa shape index (κ1) is 83.7. The molecule has 0 amide bonds. The third-order valence-corrected chi connectivity index (χ3v) is 22.5. The summed E-state index contributed by atoms with van der Waals surface area (Å²) >= 11 is 0. The summed E-state index contributed by atoms with van der Waals surface area (Å²) < 4.78 is 779. The average molecular weight is 1520 g/mol. The first-order valence-corrected chi connectivity index (χ1v) is 25.2. The zero-order chi connectivity index (χ0) is 75.2. The molecule has 0 saturated carbocycles. The first-order valence-electron chi connectivity index (χ1n) is 21.3. The van der Waals surface area contributed by atoms with E-state index >= 15 is 127 Å². The minimum atomic E-state index is -15.4. The largest absolute Gasteiger partial charge is 0.460 e. The van der Waals surface area contributed by atoms with E-state index in [0.29, 0.717) is 0 Å². The van der Waals surface area contributed by atoms with Crippen LogP contribution in [-0.2, 0) is 8.85 Å². The highest BCUT2D eigenvalue weighted by molar-refractivity contribution is 7.00. The van der Waals surface area contributed by atoms with Gasteiger partial charge in [-0.05, 0) is 26.3 Å². The van der Waals surface area contributed by atoms with Gasteiger partial charge in [0.25, 0.3) is 16.7 Å². The number of halogens is 50. The Balaban J connectivity index is 4.61. The lowest BCUT2D eigenvalue weighted by atomic mass is 9.81. The second kappa shape index (κ2) is 23.1. The van der Waals surface area contributed by atoms with E-state index in [2.05, 4.69) is 4.43 Å². The van der Waals surface area contributed by atoms with Crippen LogP contribution in [0.5, 0.6) is 0 Å². The SMILES string of the molecule is CC#CCC(F)(O[Si](c1c(F)c(F)c(F)c(F)c1F)(c1c(F)c(F)c(F)c(F)c1F)C(C(F)(F)F)(C(F)(F)F)C(F)(F)F)C(F)(C(F)(F)F)C(F)(O[Si](C(F)(F)C(F)(F)C(F)(F)C(F)(F)C(F)(F)F)(C(F)(C(F)(F)F)C(F)(F)F)C(F)(C(F)(F)F)C(F)(F)F)/C(C)=C/C. The summed E-state index contributed by atoms with van der Waals surface area (Å²) in [5, 5.41) is -45.9. The smallest absolute Gasteiger partial charge is 0.371 e. The van der Waals surface area contributed by atoms with Gasteiger partial charge in [-0.15, -0.1) is 5.92 Å². The monoisotopic (exact) mass is 1520 g/mol.